The van der Waals surface area contributed by atoms with Gasteiger partial charge in [0.15, 0.2) is 5.65 Å². The number of para-hydroxylation sites is 1. The van der Waals surface area contributed by atoms with E-state index in [-0.39, 0.29) is 18.2 Å². The summed E-state index contributed by atoms with van der Waals surface area (Å²) in [5, 5.41) is 10.4. The normalized spacial score (nSPS) is 13.6. The molecule has 0 aliphatic carbocycles. The van der Waals surface area contributed by atoms with Crippen LogP contribution in [-0.4, -0.2) is 61.8 Å². The van der Waals surface area contributed by atoms with E-state index in [9.17, 15) is 31.4 Å². The fraction of sp³-hybridized carbons (Fsp3) is 0.421. The maximum atomic E-state index is 12.7. The van der Waals surface area contributed by atoms with Gasteiger partial charge < -0.3 is 20.1 Å². The number of alkyl halides is 6. The van der Waals surface area contributed by atoms with Gasteiger partial charge in [-0.25, -0.2) is 9.97 Å². The number of aromatic hydroxyl groups is 1. The molecule has 3 N–H and O–H groups in total. The van der Waals surface area contributed by atoms with Crippen molar-refractivity contribution in [1.29, 1.82) is 0 Å². The Morgan fingerprint density at radius 1 is 1.12 bits per heavy atom. The van der Waals surface area contributed by atoms with Gasteiger partial charge in [0.25, 0.3) is 0 Å². The van der Waals surface area contributed by atoms with E-state index in [1.165, 1.54) is 23.9 Å². The standard InChI is InChI=1S/C19H20F6N5O2PS/c1-11(32-10-33(7-18(20,21)22)8-19(23,24)25)6-30-9-27-14-15(30)28-17(26)29-16(14)34-13-5-3-2-4-12(13)31/h2-5,9,11,31H,6-8,10H2,1H3,(H2,26,28,29). The van der Waals surface area contributed by atoms with Crippen molar-refractivity contribution in [3.05, 3.63) is 30.6 Å². The third-order valence-corrected chi connectivity index (χ3v) is 7.49. The number of hydrogen-bond donors (Lipinski definition) is 2. The third-order valence-electron chi connectivity index (χ3n) is 4.32. The summed E-state index contributed by atoms with van der Waals surface area (Å²) in [6, 6.07) is 6.58. The lowest BCUT2D eigenvalue weighted by molar-refractivity contribution is -0.112. The minimum Gasteiger partial charge on any atom is -0.507 e. The van der Waals surface area contributed by atoms with Gasteiger partial charge in [0.05, 0.1) is 42.5 Å². The average Bonchev–Trinajstić information content (AvgIpc) is 3.08. The molecule has 3 aromatic rings. The molecule has 0 amide bonds. The highest BCUT2D eigenvalue weighted by Crippen LogP contribution is 2.46. The van der Waals surface area contributed by atoms with E-state index in [4.69, 9.17) is 10.5 Å². The SMILES string of the molecule is CC(Cn1cnc2c(Sc3ccccc3O)nc(N)nc21)OCP(CC(F)(F)F)CC(F)(F)F. The molecule has 1 unspecified atom stereocenters. The molecule has 2 heterocycles. The topological polar surface area (TPSA) is 99.1 Å². The van der Waals surface area contributed by atoms with Crippen LogP contribution in [0.3, 0.4) is 0 Å². The summed E-state index contributed by atoms with van der Waals surface area (Å²) >= 11 is 1.12. The van der Waals surface area contributed by atoms with Gasteiger partial charge in [0.2, 0.25) is 5.95 Å². The van der Waals surface area contributed by atoms with Crippen LogP contribution in [0.25, 0.3) is 11.2 Å². The van der Waals surface area contributed by atoms with Crippen LogP contribution in [0.1, 0.15) is 6.92 Å². The maximum Gasteiger partial charge on any atom is 0.392 e. The molecule has 7 nitrogen and oxygen atoms in total. The van der Waals surface area contributed by atoms with Crippen LogP contribution in [0.5, 0.6) is 5.75 Å². The summed E-state index contributed by atoms with van der Waals surface area (Å²) in [6.45, 7) is 1.59. The number of benzene rings is 1. The van der Waals surface area contributed by atoms with E-state index in [1.54, 1.807) is 18.2 Å². The zero-order valence-corrected chi connectivity index (χ0v) is 19.3. The Kier molecular flexibility index (Phi) is 8.14. The number of nitrogens with zero attached hydrogens (tertiary/aromatic N) is 4. The maximum absolute atomic E-state index is 12.7. The van der Waals surface area contributed by atoms with Crippen molar-refractivity contribution in [3.8, 4) is 5.75 Å². The molecule has 186 valence electrons. The lowest BCUT2D eigenvalue weighted by Crippen LogP contribution is -2.24. The van der Waals surface area contributed by atoms with Gasteiger partial charge in [0.1, 0.15) is 16.3 Å². The van der Waals surface area contributed by atoms with Gasteiger partial charge in [0, 0.05) is 0 Å². The summed E-state index contributed by atoms with van der Waals surface area (Å²) in [5.41, 5.74) is 6.49. The second-order valence-electron chi connectivity index (χ2n) is 7.35. The van der Waals surface area contributed by atoms with Crippen LogP contribution in [-0.2, 0) is 11.3 Å². The van der Waals surface area contributed by atoms with Gasteiger partial charge >= 0.3 is 12.4 Å². The predicted molar refractivity (Wildman–Crippen MR) is 116 cm³/mol. The Hall–Kier alpha value is -2.31. The van der Waals surface area contributed by atoms with E-state index < -0.39 is 45.0 Å². The Morgan fingerprint density at radius 2 is 1.76 bits per heavy atom. The van der Waals surface area contributed by atoms with E-state index in [0.717, 1.165) is 11.8 Å². The van der Waals surface area contributed by atoms with Crippen LogP contribution in [0.2, 0.25) is 0 Å². The van der Waals surface area contributed by atoms with Crippen LogP contribution in [0.15, 0.2) is 40.5 Å². The zero-order chi connectivity index (χ0) is 25.1. The average molecular weight is 527 g/mol. The van der Waals surface area contributed by atoms with Crippen molar-refractivity contribution in [2.75, 3.05) is 24.4 Å². The third kappa shape index (κ3) is 7.60. The van der Waals surface area contributed by atoms with Crippen LogP contribution >= 0.6 is 19.7 Å². The van der Waals surface area contributed by atoms with Crippen molar-refractivity contribution in [3.63, 3.8) is 0 Å². The second kappa shape index (κ2) is 10.5. The van der Waals surface area contributed by atoms with E-state index in [2.05, 4.69) is 15.0 Å². The van der Waals surface area contributed by atoms with E-state index in [1.807, 2.05) is 0 Å². The Bertz CT molecular complexity index is 1110. The fourth-order valence-electron chi connectivity index (χ4n) is 3.00. The number of nitrogen functional groups attached to an aromatic ring is 1. The van der Waals surface area contributed by atoms with Gasteiger partial charge in [-0.05, 0) is 19.1 Å². The number of fused-ring (bicyclic) bond motifs is 1. The summed E-state index contributed by atoms with van der Waals surface area (Å²) in [4.78, 5) is 13.1. The molecular formula is C19H20F6N5O2PS. The lowest BCUT2D eigenvalue weighted by Gasteiger charge is -2.23. The van der Waals surface area contributed by atoms with Crippen molar-refractivity contribution < 1.29 is 36.2 Å². The van der Waals surface area contributed by atoms with Gasteiger partial charge in [-0.3, -0.25) is 0 Å². The molecule has 1 atom stereocenters. The minimum atomic E-state index is -4.71. The summed E-state index contributed by atoms with van der Waals surface area (Å²) in [7, 11) is -2.48. The number of nitrogens with two attached hydrogens (primary N) is 1. The van der Waals surface area contributed by atoms with Crippen molar-refractivity contribution >= 4 is 36.8 Å². The van der Waals surface area contributed by atoms with Crippen molar-refractivity contribution in [2.45, 2.75) is 41.8 Å². The quantitative estimate of drug-likeness (QED) is 0.223. The minimum absolute atomic E-state index is 0.0356. The first-order valence-electron chi connectivity index (χ1n) is 9.72. The molecule has 15 heteroatoms. The van der Waals surface area contributed by atoms with Crippen LogP contribution in [0.4, 0.5) is 32.3 Å². The molecule has 0 fully saturated rings. The zero-order valence-electron chi connectivity index (χ0n) is 17.6. The number of aromatic nitrogens is 4. The highest BCUT2D eigenvalue weighted by molar-refractivity contribution is 7.99. The number of anilines is 1. The first kappa shape index (κ1) is 26.3. The van der Waals surface area contributed by atoms with E-state index in [0.29, 0.717) is 21.1 Å². The largest absolute Gasteiger partial charge is 0.507 e. The highest BCUT2D eigenvalue weighted by atomic mass is 32.2. The first-order valence-corrected chi connectivity index (χ1v) is 12.4. The number of rotatable bonds is 9. The lowest BCUT2D eigenvalue weighted by atomic mass is 10.3. The molecule has 0 aliphatic rings. The molecule has 3 rings (SSSR count). The van der Waals surface area contributed by atoms with Gasteiger partial charge in [-0.1, -0.05) is 31.8 Å². The predicted octanol–water partition coefficient (Wildman–Crippen LogP) is 5.23. The molecule has 0 bridgehead atoms. The number of ether oxygens (including phenoxy) is 1. The number of phenolic OH excluding ortho intramolecular Hbond substituents is 1. The smallest absolute Gasteiger partial charge is 0.392 e. The summed E-state index contributed by atoms with van der Waals surface area (Å²) in [5.74, 6) is -0.0341. The monoisotopic (exact) mass is 527 g/mol. The summed E-state index contributed by atoms with van der Waals surface area (Å²) in [6.07, 6.45) is -12.4. The van der Waals surface area contributed by atoms with E-state index >= 15 is 0 Å². The Balaban J connectivity index is 1.73. The molecule has 1 aromatic carbocycles. The number of hydrogen-bond acceptors (Lipinski definition) is 7. The van der Waals surface area contributed by atoms with Crippen LogP contribution in [0, 0.1) is 0 Å². The molecule has 2 aromatic heterocycles. The van der Waals surface area contributed by atoms with Crippen molar-refractivity contribution in [2.24, 2.45) is 0 Å². The number of phenols is 1. The summed E-state index contributed by atoms with van der Waals surface area (Å²) < 4.78 is 83.0. The second-order valence-corrected chi connectivity index (χ2v) is 10.6. The molecule has 0 saturated carbocycles. The molecule has 0 radical (unpaired) electrons. The van der Waals surface area contributed by atoms with Crippen molar-refractivity contribution in [1.82, 2.24) is 19.5 Å². The molecule has 34 heavy (non-hydrogen) atoms. The number of halogens is 6. The Labute approximate surface area is 195 Å². The van der Waals surface area contributed by atoms with Gasteiger partial charge in [-0.2, -0.15) is 31.3 Å². The molecular weight excluding hydrogens is 507 g/mol. The van der Waals surface area contributed by atoms with Crippen LogP contribution < -0.4 is 5.73 Å². The fourth-order valence-corrected chi connectivity index (χ4v) is 5.68. The number of imidazole rings is 1. The highest BCUT2D eigenvalue weighted by Gasteiger charge is 2.38. The Morgan fingerprint density at radius 3 is 2.38 bits per heavy atom. The first-order chi connectivity index (χ1) is 15.8. The molecule has 0 spiro atoms. The molecule has 0 saturated heterocycles. The molecule has 0 aliphatic heterocycles. The van der Waals surface area contributed by atoms with Gasteiger partial charge in [-0.15, -0.1) is 0 Å².